The molecular weight excluding hydrogens is 558 g/mol. The van der Waals surface area contributed by atoms with Crippen molar-refractivity contribution in [1.82, 2.24) is 4.90 Å². The number of carbonyl (C=O) groups excluding carboxylic acids is 1. The van der Waals surface area contributed by atoms with E-state index in [2.05, 4.69) is 13.1 Å². The Morgan fingerprint density at radius 3 is 2.08 bits per heavy atom. The van der Waals surface area contributed by atoms with Crippen LogP contribution in [-0.4, -0.2) is 101 Å². The number of esters is 1. The fraction of sp³-hybridized carbons (Fsp3) is 0.500. The van der Waals surface area contributed by atoms with Gasteiger partial charge in [-0.05, 0) is 45.8 Å². The summed E-state index contributed by atoms with van der Waals surface area (Å²) in [6.45, 7) is 1.65. The first-order valence-electron chi connectivity index (χ1n) is 10.5. The van der Waals surface area contributed by atoms with Crippen LogP contribution in [0, 0.1) is 6.92 Å². The normalized spacial score (nSPS) is 24.0. The molecular formula is C20H27NO15S2. The van der Waals surface area contributed by atoms with Crippen LogP contribution in [0.25, 0.3) is 11.0 Å². The smallest absolute Gasteiger partial charge is 0.397 e. The highest BCUT2D eigenvalue weighted by Crippen LogP contribution is 2.31. The molecule has 1 aliphatic heterocycles. The first kappa shape index (κ1) is 31.5. The zero-order valence-electron chi connectivity index (χ0n) is 20.7. The second-order valence-electron chi connectivity index (χ2n) is 8.28. The lowest BCUT2D eigenvalue weighted by Gasteiger charge is -2.41. The Hall–Kier alpha value is -2.68. The standard InChI is InChI=1S/C17H18O15S2.C3H9N/c1-7-5-11(18)29-10-6-8(3-4-9(7)10)28-17-14(32-34(24,25)26)12(19)13(31-33(21,22)23)15(30-17)16(20)27-2;1-4(2)3/h3-6,12-15,17,19H,1-2H3,(H,21,22,23)(H,24,25,26);1-3H3/t12-,13-,14+,15+,17+;/m0./s1. The number of nitrogens with zero attached hydrogens (tertiary/aromatic N) is 1. The summed E-state index contributed by atoms with van der Waals surface area (Å²) in [5.41, 5.74) is -0.0380. The Kier molecular flexibility index (Phi) is 10.3. The van der Waals surface area contributed by atoms with Crippen LogP contribution in [0.15, 0.2) is 33.5 Å². The maximum Gasteiger partial charge on any atom is 0.397 e. The molecule has 214 valence electrons. The van der Waals surface area contributed by atoms with Gasteiger partial charge in [-0.1, -0.05) is 0 Å². The SMILES string of the molecule is CN(C)C.COC(=O)[C@@H]1O[C@@H](Oc2ccc3c(C)cc(=O)oc3c2)[C@H](OS(=O)(=O)O)[C@@H](O)[C@@H]1OS(=O)(=O)O. The van der Waals surface area contributed by atoms with E-state index in [1.165, 1.54) is 24.3 Å². The molecule has 0 bridgehead atoms. The largest absolute Gasteiger partial charge is 0.467 e. The molecule has 0 aliphatic carbocycles. The highest BCUT2D eigenvalue weighted by atomic mass is 32.3. The van der Waals surface area contributed by atoms with E-state index in [9.17, 15) is 31.5 Å². The summed E-state index contributed by atoms with van der Waals surface area (Å²) in [5, 5.41) is 11.1. The third kappa shape index (κ3) is 8.96. The van der Waals surface area contributed by atoms with Gasteiger partial charge in [-0.25, -0.2) is 18.0 Å². The van der Waals surface area contributed by atoms with Crippen molar-refractivity contribution in [2.24, 2.45) is 0 Å². The number of aliphatic hydroxyl groups excluding tert-OH is 1. The van der Waals surface area contributed by atoms with E-state index < -0.39 is 63.1 Å². The van der Waals surface area contributed by atoms with Crippen molar-refractivity contribution in [3.8, 4) is 5.75 Å². The van der Waals surface area contributed by atoms with Crippen LogP contribution in [0.2, 0.25) is 0 Å². The summed E-state index contributed by atoms with van der Waals surface area (Å²) in [5.74, 6) is -1.44. The molecule has 0 spiro atoms. The van der Waals surface area contributed by atoms with Gasteiger partial charge in [-0.3, -0.25) is 9.11 Å². The topological polar surface area (TPSA) is 226 Å². The Bertz CT molecular complexity index is 1400. The monoisotopic (exact) mass is 585 g/mol. The van der Waals surface area contributed by atoms with Gasteiger partial charge in [-0.15, -0.1) is 0 Å². The van der Waals surface area contributed by atoms with E-state index in [4.69, 9.17) is 23.0 Å². The van der Waals surface area contributed by atoms with Gasteiger partial charge >= 0.3 is 32.4 Å². The Morgan fingerprint density at radius 2 is 1.55 bits per heavy atom. The van der Waals surface area contributed by atoms with Crippen molar-refractivity contribution in [2.45, 2.75) is 37.6 Å². The predicted molar refractivity (Wildman–Crippen MR) is 127 cm³/mol. The van der Waals surface area contributed by atoms with Crippen LogP contribution >= 0.6 is 0 Å². The van der Waals surface area contributed by atoms with Crippen LogP contribution < -0.4 is 10.4 Å². The van der Waals surface area contributed by atoms with Gasteiger partial charge in [0.2, 0.25) is 6.29 Å². The third-order valence-electron chi connectivity index (χ3n) is 4.59. The van der Waals surface area contributed by atoms with Crippen molar-refractivity contribution in [1.29, 1.82) is 0 Å². The number of methoxy groups -OCH3 is 1. The van der Waals surface area contributed by atoms with Crippen LogP contribution in [0.5, 0.6) is 5.75 Å². The summed E-state index contributed by atoms with van der Waals surface area (Å²) in [7, 11) is -3.73. The zero-order valence-corrected chi connectivity index (χ0v) is 22.3. The van der Waals surface area contributed by atoms with Gasteiger partial charge in [0, 0.05) is 17.5 Å². The summed E-state index contributed by atoms with van der Waals surface area (Å²) in [6, 6.07) is 5.26. The molecule has 0 saturated carbocycles. The summed E-state index contributed by atoms with van der Waals surface area (Å²) in [4.78, 5) is 25.8. The summed E-state index contributed by atoms with van der Waals surface area (Å²) in [6.07, 6.45) is -10.9. The molecule has 0 unspecified atom stereocenters. The molecule has 0 amide bonds. The molecule has 1 aromatic carbocycles. The Labute approximate surface area is 217 Å². The summed E-state index contributed by atoms with van der Waals surface area (Å²) < 4.78 is 91.9. The quantitative estimate of drug-likeness (QED) is 0.207. The number of fused-ring (bicyclic) bond motifs is 1. The van der Waals surface area contributed by atoms with E-state index in [0.29, 0.717) is 10.9 Å². The first-order valence-corrected chi connectivity index (χ1v) is 13.2. The molecule has 1 aromatic heterocycles. The lowest BCUT2D eigenvalue weighted by atomic mass is 9.99. The first-order chi connectivity index (χ1) is 17.4. The molecule has 5 atom stereocenters. The minimum Gasteiger partial charge on any atom is -0.467 e. The minimum absolute atomic E-state index is 0.0585. The molecule has 3 N–H and O–H groups in total. The maximum atomic E-state index is 12.1. The predicted octanol–water partition coefficient (Wildman–Crippen LogP) is -0.707. The van der Waals surface area contributed by atoms with Gasteiger partial charge in [0.05, 0.1) is 7.11 Å². The van der Waals surface area contributed by atoms with Crippen molar-refractivity contribution in [3.05, 3.63) is 40.2 Å². The van der Waals surface area contributed by atoms with E-state index in [1.54, 1.807) is 6.92 Å². The molecule has 1 aliphatic rings. The zero-order chi connectivity index (χ0) is 29.0. The number of hydrogen-bond acceptors (Lipinski definition) is 14. The molecule has 38 heavy (non-hydrogen) atoms. The lowest BCUT2D eigenvalue weighted by Crippen LogP contribution is -2.63. The van der Waals surface area contributed by atoms with Gasteiger partial charge < -0.3 is 28.6 Å². The molecule has 18 heteroatoms. The lowest BCUT2D eigenvalue weighted by molar-refractivity contribution is -0.262. The van der Waals surface area contributed by atoms with Crippen LogP contribution in [-0.2, 0) is 43.4 Å². The number of aryl methyl sites for hydroxylation is 1. The van der Waals surface area contributed by atoms with E-state index in [0.717, 1.165) is 7.11 Å². The number of rotatable bonds is 7. The summed E-state index contributed by atoms with van der Waals surface area (Å²) >= 11 is 0. The molecule has 2 aromatic rings. The van der Waals surface area contributed by atoms with Gasteiger partial charge in [-0.2, -0.15) is 16.8 Å². The van der Waals surface area contributed by atoms with E-state index >= 15 is 0 Å². The van der Waals surface area contributed by atoms with E-state index in [1.807, 2.05) is 26.0 Å². The molecule has 0 radical (unpaired) electrons. The fourth-order valence-corrected chi connectivity index (χ4v) is 4.21. The van der Waals surface area contributed by atoms with Crippen LogP contribution in [0.1, 0.15) is 5.56 Å². The van der Waals surface area contributed by atoms with E-state index in [-0.39, 0.29) is 11.3 Å². The van der Waals surface area contributed by atoms with Crippen molar-refractivity contribution < 1.29 is 62.8 Å². The maximum absolute atomic E-state index is 12.1. The third-order valence-corrected chi connectivity index (χ3v) is 5.53. The Balaban J connectivity index is 0.00000118. The van der Waals surface area contributed by atoms with Crippen LogP contribution in [0.4, 0.5) is 0 Å². The average Bonchev–Trinajstić information content (AvgIpc) is 2.75. The van der Waals surface area contributed by atoms with Gasteiger partial charge in [0.15, 0.2) is 12.2 Å². The average molecular weight is 586 g/mol. The minimum atomic E-state index is -5.31. The fourth-order valence-electron chi connectivity index (χ4n) is 3.23. The second-order valence-corrected chi connectivity index (χ2v) is 10.4. The van der Waals surface area contributed by atoms with Crippen molar-refractivity contribution in [2.75, 3.05) is 28.3 Å². The Morgan fingerprint density at radius 1 is 1.00 bits per heavy atom. The molecule has 2 heterocycles. The van der Waals surface area contributed by atoms with Crippen molar-refractivity contribution in [3.63, 3.8) is 0 Å². The van der Waals surface area contributed by atoms with Crippen LogP contribution in [0.3, 0.4) is 0 Å². The number of carbonyl (C=O) groups is 1. The highest BCUT2D eigenvalue weighted by Gasteiger charge is 2.54. The molecule has 1 fully saturated rings. The molecule has 16 nitrogen and oxygen atoms in total. The number of aliphatic hydroxyl groups is 1. The molecule has 3 rings (SSSR count). The number of hydrogen-bond donors (Lipinski definition) is 3. The number of ether oxygens (including phenoxy) is 3. The second kappa shape index (κ2) is 12.5. The van der Waals surface area contributed by atoms with Gasteiger partial charge in [0.1, 0.15) is 23.5 Å². The van der Waals surface area contributed by atoms with Gasteiger partial charge in [0.25, 0.3) is 0 Å². The molecule has 1 saturated heterocycles. The van der Waals surface area contributed by atoms with Crippen molar-refractivity contribution >= 4 is 37.7 Å². The highest BCUT2D eigenvalue weighted by molar-refractivity contribution is 7.81. The number of benzene rings is 1.